The molecular formula is C18H31N. The Labute approximate surface area is 119 Å². The molecule has 0 aliphatic carbocycles. The topological polar surface area (TPSA) is 12.0 Å². The van der Waals surface area contributed by atoms with Crippen LogP contribution in [0.5, 0.6) is 0 Å². The largest absolute Gasteiger partial charge is 0.313 e. The number of hydrogen-bond donors (Lipinski definition) is 1. The number of hydrogen-bond acceptors (Lipinski definition) is 1. The van der Waals surface area contributed by atoms with E-state index in [0.717, 1.165) is 5.92 Å². The Balaban J connectivity index is 3.10. The maximum atomic E-state index is 3.58. The Morgan fingerprint density at radius 1 is 0.895 bits per heavy atom. The zero-order valence-electron chi connectivity index (χ0n) is 13.6. The van der Waals surface area contributed by atoms with Gasteiger partial charge in [0.05, 0.1) is 0 Å². The van der Waals surface area contributed by atoms with Crippen LogP contribution in [0.25, 0.3) is 0 Å². The first kappa shape index (κ1) is 16.2. The van der Waals surface area contributed by atoms with Crippen LogP contribution in [0.4, 0.5) is 0 Å². The highest BCUT2D eigenvalue weighted by Crippen LogP contribution is 2.32. The molecular weight excluding hydrogens is 230 g/mol. The van der Waals surface area contributed by atoms with Crippen LogP contribution in [-0.2, 0) is 0 Å². The van der Waals surface area contributed by atoms with Crippen molar-refractivity contribution in [3.8, 4) is 0 Å². The first-order valence-corrected chi connectivity index (χ1v) is 7.80. The van der Waals surface area contributed by atoms with E-state index in [1.54, 1.807) is 0 Å². The molecule has 1 rings (SSSR count). The second-order valence-corrected chi connectivity index (χ2v) is 5.90. The van der Waals surface area contributed by atoms with Crippen LogP contribution in [0.15, 0.2) is 12.1 Å². The number of benzene rings is 1. The molecule has 0 radical (unpaired) electrons. The molecule has 0 spiro atoms. The smallest absolute Gasteiger partial charge is 0.0348 e. The van der Waals surface area contributed by atoms with Crippen molar-refractivity contribution < 1.29 is 0 Å². The molecule has 19 heavy (non-hydrogen) atoms. The third kappa shape index (κ3) is 4.07. The summed E-state index contributed by atoms with van der Waals surface area (Å²) in [6, 6.07) is 5.23. The summed E-state index contributed by atoms with van der Waals surface area (Å²) in [5, 5.41) is 3.58. The third-order valence-electron chi connectivity index (χ3n) is 4.32. The maximum Gasteiger partial charge on any atom is 0.0348 e. The molecule has 0 aliphatic rings. The molecule has 1 N–H and O–H groups in total. The van der Waals surface area contributed by atoms with Crippen molar-refractivity contribution in [3.63, 3.8) is 0 Å². The summed E-state index contributed by atoms with van der Waals surface area (Å²) in [6.07, 6.45) is 5.16. The highest BCUT2D eigenvalue weighted by molar-refractivity contribution is 5.38. The van der Waals surface area contributed by atoms with Crippen molar-refractivity contribution in [3.05, 3.63) is 34.4 Å². The fourth-order valence-corrected chi connectivity index (χ4v) is 3.18. The van der Waals surface area contributed by atoms with Gasteiger partial charge in [-0.3, -0.25) is 0 Å². The minimum absolute atomic E-state index is 0.499. The van der Waals surface area contributed by atoms with E-state index in [9.17, 15) is 0 Å². The van der Waals surface area contributed by atoms with Gasteiger partial charge in [-0.25, -0.2) is 0 Å². The minimum Gasteiger partial charge on any atom is -0.313 e. The van der Waals surface area contributed by atoms with Gasteiger partial charge in [0.2, 0.25) is 0 Å². The molecule has 0 saturated heterocycles. The van der Waals surface area contributed by atoms with Crippen LogP contribution in [0.1, 0.15) is 67.8 Å². The lowest BCUT2D eigenvalue weighted by Gasteiger charge is -2.29. The van der Waals surface area contributed by atoms with Crippen LogP contribution < -0.4 is 5.32 Å². The summed E-state index contributed by atoms with van der Waals surface area (Å²) in [5.74, 6) is 0.751. The molecule has 0 aliphatic heterocycles. The molecule has 0 amide bonds. The van der Waals surface area contributed by atoms with Crippen molar-refractivity contribution in [2.45, 2.75) is 66.3 Å². The molecule has 1 heteroatoms. The van der Waals surface area contributed by atoms with Gasteiger partial charge in [0.25, 0.3) is 0 Å². The predicted octanol–water partition coefficient (Wildman–Crippen LogP) is 5.09. The van der Waals surface area contributed by atoms with E-state index < -0.39 is 0 Å². The van der Waals surface area contributed by atoms with E-state index in [1.807, 2.05) is 0 Å². The lowest BCUT2D eigenvalue weighted by atomic mass is 9.83. The predicted molar refractivity (Wildman–Crippen MR) is 85.8 cm³/mol. The van der Waals surface area contributed by atoms with Gasteiger partial charge < -0.3 is 5.32 Å². The normalized spacial score (nSPS) is 13.0. The first-order valence-electron chi connectivity index (χ1n) is 7.80. The zero-order valence-corrected chi connectivity index (χ0v) is 13.6. The molecule has 108 valence electrons. The summed E-state index contributed by atoms with van der Waals surface area (Å²) in [5.41, 5.74) is 5.74. The summed E-state index contributed by atoms with van der Waals surface area (Å²) < 4.78 is 0. The average Bonchev–Trinajstić information content (AvgIpc) is 2.37. The van der Waals surface area contributed by atoms with Gasteiger partial charge in [-0.2, -0.15) is 0 Å². The number of nitrogens with one attached hydrogen (secondary N) is 1. The maximum absolute atomic E-state index is 3.58. The SMILES string of the molecule is CCCC(CCC)C(NC)c1cc(C)c(C)cc1C. The van der Waals surface area contributed by atoms with Gasteiger partial charge in [0.15, 0.2) is 0 Å². The monoisotopic (exact) mass is 261 g/mol. The van der Waals surface area contributed by atoms with Crippen LogP contribution in [-0.4, -0.2) is 7.05 Å². The molecule has 1 atom stereocenters. The zero-order chi connectivity index (χ0) is 14.4. The Morgan fingerprint density at radius 2 is 1.42 bits per heavy atom. The minimum atomic E-state index is 0.499. The average molecular weight is 261 g/mol. The van der Waals surface area contributed by atoms with E-state index in [1.165, 1.54) is 47.9 Å². The lowest BCUT2D eigenvalue weighted by molar-refractivity contribution is 0.330. The van der Waals surface area contributed by atoms with Crippen molar-refractivity contribution in [1.29, 1.82) is 0 Å². The van der Waals surface area contributed by atoms with Crippen molar-refractivity contribution in [2.24, 2.45) is 5.92 Å². The molecule has 1 aromatic rings. The Kier molecular flexibility index (Phi) is 6.57. The van der Waals surface area contributed by atoms with Gasteiger partial charge in [-0.05, 0) is 68.8 Å². The highest BCUT2D eigenvalue weighted by Gasteiger charge is 2.22. The molecule has 0 saturated carbocycles. The van der Waals surface area contributed by atoms with Crippen LogP contribution >= 0.6 is 0 Å². The van der Waals surface area contributed by atoms with Gasteiger partial charge in [0, 0.05) is 6.04 Å². The quantitative estimate of drug-likeness (QED) is 0.721. The second-order valence-electron chi connectivity index (χ2n) is 5.90. The molecule has 1 unspecified atom stereocenters. The molecule has 0 aromatic heterocycles. The summed E-state index contributed by atoms with van der Waals surface area (Å²) >= 11 is 0. The fraction of sp³-hybridized carbons (Fsp3) is 0.667. The van der Waals surface area contributed by atoms with Crippen LogP contribution in [0, 0.1) is 26.7 Å². The van der Waals surface area contributed by atoms with Gasteiger partial charge in [0.1, 0.15) is 0 Å². The van der Waals surface area contributed by atoms with Crippen molar-refractivity contribution >= 4 is 0 Å². The van der Waals surface area contributed by atoms with Crippen LogP contribution in [0.2, 0.25) is 0 Å². The standard InChI is InChI=1S/C18H31N/c1-7-9-16(10-8-2)18(19-6)17-12-14(4)13(3)11-15(17)5/h11-12,16,18-19H,7-10H2,1-6H3. The van der Waals surface area contributed by atoms with Gasteiger partial charge in [-0.15, -0.1) is 0 Å². The van der Waals surface area contributed by atoms with E-state index in [4.69, 9.17) is 0 Å². The molecule has 0 bridgehead atoms. The summed E-state index contributed by atoms with van der Waals surface area (Å²) in [4.78, 5) is 0. The Bertz CT molecular complexity index is 389. The number of rotatable bonds is 7. The van der Waals surface area contributed by atoms with Crippen LogP contribution in [0.3, 0.4) is 0 Å². The second kappa shape index (κ2) is 7.69. The highest BCUT2D eigenvalue weighted by atomic mass is 14.9. The van der Waals surface area contributed by atoms with Crippen molar-refractivity contribution in [2.75, 3.05) is 7.05 Å². The van der Waals surface area contributed by atoms with E-state index in [2.05, 4.69) is 59.1 Å². The summed E-state index contributed by atoms with van der Waals surface area (Å²) in [6.45, 7) is 11.3. The summed E-state index contributed by atoms with van der Waals surface area (Å²) in [7, 11) is 2.11. The van der Waals surface area contributed by atoms with E-state index in [-0.39, 0.29) is 0 Å². The first-order chi connectivity index (χ1) is 9.04. The van der Waals surface area contributed by atoms with E-state index >= 15 is 0 Å². The molecule has 0 heterocycles. The molecule has 1 aromatic carbocycles. The van der Waals surface area contributed by atoms with E-state index in [0.29, 0.717) is 6.04 Å². The Hall–Kier alpha value is -0.820. The molecule has 1 nitrogen and oxygen atoms in total. The number of aryl methyl sites for hydroxylation is 3. The Morgan fingerprint density at radius 3 is 1.89 bits per heavy atom. The van der Waals surface area contributed by atoms with Gasteiger partial charge >= 0.3 is 0 Å². The lowest BCUT2D eigenvalue weighted by Crippen LogP contribution is -2.26. The fourth-order valence-electron chi connectivity index (χ4n) is 3.18. The molecule has 0 fully saturated rings. The third-order valence-corrected chi connectivity index (χ3v) is 4.32. The van der Waals surface area contributed by atoms with Gasteiger partial charge in [-0.1, -0.05) is 38.8 Å². The van der Waals surface area contributed by atoms with Crippen molar-refractivity contribution in [1.82, 2.24) is 5.32 Å².